The minimum atomic E-state index is -0.471. The number of rotatable bonds is 3. The molecule has 4 rings (SSSR count). The van der Waals surface area contributed by atoms with Crippen LogP contribution in [-0.2, 0) is 17.9 Å². The first-order valence-corrected chi connectivity index (χ1v) is 8.82. The smallest absolute Gasteiger partial charge is 0.276 e. The number of hydrogen-bond donors (Lipinski definition) is 3. The molecular formula is C17H14FN5O3S. The SMILES string of the molecule is CNC(=O)c1cc(NC(=O)c2nsc3cc(F)ccc23)c2n1CC(=O)NC2. The summed E-state index contributed by atoms with van der Waals surface area (Å²) in [7, 11) is 1.49. The number of anilines is 1. The molecule has 0 aliphatic carbocycles. The zero-order valence-corrected chi connectivity index (χ0v) is 14.9. The van der Waals surface area contributed by atoms with Gasteiger partial charge in [0.25, 0.3) is 11.8 Å². The molecule has 2 aromatic heterocycles. The van der Waals surface area contributed by atoms with Crippen molar-refractivity contribution in [2.75, 3.05) is 12.4 Å². The third kappa shape index (κ3) is 2.93. The maximum atomic E-state index is 13.3. The lowest BCUT2D eigenvalue weighted by molar-refractivity contribution is -0.122. The number of carbonyl (C=O) groups excluding carboxylic acids is 3. The van der Waals surface area contributed by atoms with Crippen molar-refractivity contribution in [1.29, 1.82) is 0 Å². The summed E-state index contributed by atoms with van der Waals surface area (Å²) in [6.45, 7) is 0.182. The van der Waals surface area contributed by atoms with Crippen LogP contribution in [0.1, 0.15) is 26.7 Å². The van der Waals surface area contributed by atoms with Gasteiger partial charge in [0.2, 0.25) is 5.91 Å². The van der Waals surface area contributed by atoms with Crippen LogP contribution in [0.3, 0.4) is 0 Å². The predicted octanol–water partition coefficient (Wildman–Crippen LogP) is 1.48. The molecule has 8 nitrogen and oxygen atoms in total. The molecule has 0 fully saturated rings. The molecule has 3 heterocycles. The zero-order chi connectivity index (χ0) is 19.1. The van der Waals surface area contributed by atoms with E-state index in [1.807, 2.05) is 0 Å². The van der Waals surface area contributed by atoms with Gasteiger partial charge in [-0.3, -0.25) is 14.4 Å². The Morgan fingerprint density at radius 3 is 2.89 bits per heavy atom. The fourth-order valence-corrected chi connectivity index (χ4v) is 3.82. The van der Waals surface area contributed by atoms with E-state index in [1.54, 1.807) is 4.57 Å². The van der Waals surface area contributed by atoms with Gasteiger partial charge in [0.1, 0.15) is 23.7 Å². The number of amides is 3. The maximum absolute atomic E-state index is 13.3. The molecule has 1 aromatic carbocycles. The van der Waals surface area contributed by atoms with Gasteiger partial charge >= 0.3 is 0 Å². The Balaban J connectivity index is 1.70. The third-order valence-corrected chi connectivity index (χ3v) is 5.13. The highest BCUT2D eigenvalue weighted by atomic mass is 32.1. The number of nitrogens with zero attached hydrogens (tertiary/aromatic N) is 2. The summed E-state index contributed by atoms with van der Waals surface area (Å²) in [5.41, 5.74) is 1.49. The van der Waals surface area contributed by atoms with Crippen LogP contribution in [0.2, 0.25) is 0 Å². The first-order valence-electron chi connectivity index (χ1n) is 8.05. The minimum absolute atomic E-state index is 0.00708. The second kappa shape index (κ2) is 6.47. The van der Waals surface area contributed by atoms with Crippen molar-refractivity contribution >= 4 is 45.0 Å². The van der Waals surface area contributed by atoms with Crippen molar-refractivity contribution in [3.05, 3.63) is 47.2 Å². The summed E-state index contributed by atoms with van der Waals surface area (Å²) in [5, 5.41) is 8.51. The number of fused-ring (bicyclic) bond motifs is 2. The van der Waals surface area contributed by atoms with E-state index >= 15 is 0 Å². The van der Waals surface area contributed by atoms with Crippen molar-refractivity contribution in [3.8, 4) is 0 Å². The van der Waals surface area contributed by atoms with Crippen LogP contribution >= 0.6 is 11.5 Å². The molecule has 1 aliphatic rings. The summed E-state index contributed by atoms with van der Waals surface area (Å²) in [6.07, 6.45) is 0. The maximum Gasteiger partial charge on any atom is 0.276 e. The largest absolute Gasteiger partial charge is 0.354 e. The molecule has 1 aliphatic heterocycles. The van der Waals surface area contributed by atoms with E-state index in [2.05, 4.69) is 20.3 Å². The first kappa shape index (κ1) is 17.2. The molecule has 3 amide bonds. The summed E-state index contributed by atoms with van der Waals surface area (Å²) in [5.74, 6) is -1.44. The van der Waals surface area contributed by atoms with Crippen LogP contribution in [0, 0.1) is 5.82 Å². The fraction of sp³-hybridized carbons (Fsp3) is 0.176. The number of hydrogen-bond acceptors (Lipinski definition) is 5. The lowest BCUT2D eigenvalue weighted by Crippen LogP contribution is -2.36. The van der Waals surface area contributed by atoms with E-state index in [9.17, 15) is 18.8 Å². The molecular weight excluding hydrogens is 373 g/mol. The minimum Gasteiger partial charge on any atom is -0.354 e. The highest BCUT2D eigenvalue weighted by Gasteiger charge is 2.26. The van der Waals surface area contributed by atoms with Gasteiger partial charge in [0.05, 0.1) is 22.6 Å². The molecule has 0 atom stereocenters. The normalized spacial score (nSPS) is 13.2. The molecule has 3 N–H and O–H groups in total. The average Bonchev–Trinajstić information content (AvgIpc) is 3.22. The molecule has 0 spiro atoms. The first-order chi connectivity index (χ1) is 13.0. The highest BCUT2D eigenvalue weighted by Crippen LogP contribution is 2.27. The van der Waals surface area contributed by atoms with E-state index in [1.165, 1.54) is 31.3 Å². The summed E-state index contributed by atoms with van der Waals surface area (Å²) in [6, 6.07) is 5.63. The molecule has 3 aromatic rings. The quantitative estimate of drug-likeness (QED) is 0.633. The van der Waals surface area contributed by atoms with Crippen LogP contribution in [0.4, 0.5) is 10.1 Å². The van der Waals surface area contributed by atoms with Gasteiger partial charge in [0, 0.05) is 12.4 Å². The van der Waals surface area contributed by atoms with E-state index in [4.69, 9.17) is 0 Å². The Kier molecular flexibility index (Phi) is 4.11. The van der Waals surface area contributed by atoms with Gasteiger partial charge in [-0.2, -0.15) is 4.37 Å². The van der Waals surface area contributed by atoms with E-state index < -0.39 is 11.7 Å². The average molecular weight is 387 g/mol. The molecule has 27 heavy (non-hydrogen) atoms. The lowest BCUT2D eigenvalue weighted by atomic mass is 10.2. The lowest BCUT2D eigenvalue weighted by Gasteiger charge is -2.19. The highest BCUT2D eigenvalue weighted by molar-refractivity contribution is 7.13. The molecule has 0 saturated carbocycles. The Bertz CT molecular complexity index is 1100. The molecule has 0 unspecified atom stereocenters. The summed E-state index contributed by atoms with van der Waals surface area (Å²) < 4.78 is 19.6. The van der Waals surface area contributed by atoms with Crippen LogP contribution in [0.15, 0.2) is 24.3 Å². The summed E-state index contributed by atoms with van der Waals surface area (Å²) in [4.78, 5) is 36.5. The van der Waals surface area contributed by atoms with Crippen LogP contribution in [0.25, 0.3) is 10.1 Å². The topological polar surface area (TPSA) is 105 Å². The van der Waals surface area contributed by atoms with Crippen molar-refractivity contribution in [3.63, 3.8) is 0 Å². The Morgan fingerprint density at radius 2 is 2.11 bits per heavy atom. The van der Waals surface area contributed by atoms with Crippen molar-refractivity contribution < 1.29 is 18.8 Å². The van der Waals surface area contributed by atoms with E-state index in [0.717, 1.165) is 11.5 Å². The Hall–Kier alpha value is -3.27. The van der Waals surface area contributed by atoms with Crippen LogP contribution in [-0.4, -0.2) is 33.7 Å². The number of aromatic nitrogens is 2. The Morgan fingerprint density at radius 1 is 1.30 bits per heavy atom. The van der Waals surface area contributed by atoms with Gasteiger partial charge in [0.15, 0.2) is 0 Å². The number of halogens is 1. The zero-order valence-electron chi connectivity index (χ0n) is 14.1. The second-order valence-electron chi connectivity index (χ2n) is 5.96. The molecule has 138 valence electrons. The van der Waals surface area contributed by atoms with Crippen LogP contribution < -0.4 is 16.0 Å². The molecule has 10 heteroatoms. The number of carbonyl (C=O) groups is 3. The molecule has 0 bridgehead atoms. The second-order valence-corrected chi connectivity index (χ2v) is 6.76. The van der Waals surface area contributed by atoms with Gasteiger partial charge in [-0.05, 0) is 35.8 Å². The monoisotopic (exact) mass is 387 g/mol. The van der Waals surface area contributed by atoms with Gasteiger partial charge in [-0.15, -0.1) is 0 Å². The van der Waals surface area contributed by atoms with E-state index in [-0.39, 0.29) is 36.3 Å². The van der Waals surface area contributed by atoms with Gasteiger partial charge in [-0.25, -0.2) is 4.39 Å². The van der Waals surface area contributed by atoms with Crippen molar-refractivity contribution in [1.82, 2.24) is 19.6 Å². The van der Waals surface area contributed by atoms with Crippen LogP contribution in [0.5, 0.6) is 0 Å². The van der Waals surface area contributed by atoms with E-state index in [0.29, 0.717) is 21.5 Å². The standard InChI is InChI=1S/C17H14FN5O3S/c1-19-16(25)11-5-10(12-6-20-14(24)7-23(11)12)21-17(26)15-9-3-2-8(18)4-13(9)27-22-15/h2-5H,6-7H2,1H3,(H,19,25)(H,20,24)(H,21,26). The number of benzene rings is 1. The molecule has 0 radical (unpaired) electrons. The molecule has 0 saturated heterocycles. The summed E-state index contributed by atoms with van der Waals surface area (Å²) >= 11 is 1.03. The Labute approximate surface area is 156 Å². The fourth-order valence-electron chi connectivity index (χ4n) is 3.02. The van der Waals surface area contributed by atoms with Crippen molar-refractivity contribution in [2.45, 2.75) is 13.1 Å². The third-order valence-electron chi connectivity index (χ3n) is 4.32. The van der Waals surface area contributed by atoms with Gasteiger partial charge in [-0.1, -0.05) is 0 Å². The van der Waals surface area contributed by atoms with Crippen molar-refractivity contribution in [2.24, 2.45) is 0 Å². The number of nitrogens with one attached hydrogen (secondary N) is 3. The van der Waals surface area contributed by atoms with Gasteiger partial charge < -0.3 is 20.5 Å². The predicted molar refractivity (Wildman–Crippen MR) is 97.2 cm³/mol.